The molecule has 0 heterocycles. The van der Waals surface area contributed by atoms with Gasteiger partial charge in [-0.15, -0.1) is 0 Å². The number of phenolic OH excluding ortho intramolecular Hbond substituents is 2. The minimum atomic E-state index is -0.215. The van der Waals surface area contributed by atoms with Crippen LogP contribution in [0.5, 0.6) is 17.2 Å². The Morgan fingerprint density at radius 2 is 1.22 bits per heavy atom. The number of nitrogens with zero attached hydrogens (tertiary/aromatic N) is 2. The van der Waals surface area contributed by atoms with Crippen molar-refractivity contribution in [1.82, 2.24) is 0 Å². The number of methoxy groups -OCH3 is 1. The predicted molar refractivity (Wildman–Crippen MR) is 130 cm³/mol. The van der Waals surface area contributed by atoms with Crippen molar-refractivity contribution in [3.63, 3.8) is 0 Å². The Morgan fingerprint density at radius 1 is 0.781 bits per heavy atom. The van der Waals surface area contributed by atoms with Crippen LogP contribution in [-0.2, 0) is 27.9 Å². The Hall–Kier alpha value is -2.30. The smallest absolute Gasteiger partial charge is 0.128 e. The molecule has 176 valence electrons. The summed E-state index contributed by atoms with van der Waals surface area (Å²) in [5, 5.41) is 21.3. The summed E-state index contributed by atoms with van der Waals surface area (Å²) in [4.78, 5) is 8.84. The monoisotopic (exact) mass is 480 g/mol. The zero-order chi connectivity index (χ0) is 23.4. The minimum absolute atomic E-state index is 0. The van der Waals surface area contributed by atoms with Gasteiger partial charge in [0.15, 0.2) is 0 Å². The molecule has 2 N–H and O–H groups in total. The number of aliphatic imine (C=N–C) groups is 2. The standard InChI is InChI=1S/C26H36N2O3.Fe/c1-17-11-18(23(29)21(12-17)25(2,3)4)15-27-9-10-28-16-19-13-20(31-8)14-22(24(19)30)26(5,6)7;/h11-16,29-30H,9-10H2,1-8H3;. The fourth-order valence-electron chi connectivity index (χ4n) is 3.34. The van der Waals surface area contributed by atoms with Crippen molar-refractivity contribution in [3.05, 3.63) is 52.1 Å². The van der Waals surface area contributed by atoms with Crippen LogP contribution in [0.4, 0.5) is 0 Å². The molecule has 0 aliphatic rings. The van der Waals surface area contributed by atoms with Crippen LogP contribution >= 0.6 is 0 Å². The molecule has 0 bridgehead atoms. The predicted octanol–water partition coefficient (Wildman–Crippen LogP) is 5.55. The molecule has 0 saturated heterocycles. The van der Waals surface area contributed by atoms with Crippen molar-refractivity contribution in [2.75, 3.05) is 20.2 Å². The van der Waals surface area contributed by atoms with Gasteiger partial charge < -0.3 is 14.9 Å². The molecule has 0 atom stereocenters. The number of hydrogen-bond acceptors (Lipinski definition) is 5. The van der Waals surface area contributed by atoms with Crippen LogP contribution in [0.15, 0.2) is 34.3 Å². The average molecular weight is 480 g/mol. The molecule has 0 saturated carbocycles. The molecule has 6 heteroatoms. The van der Waals surface area contributed by atoms with Gasteiger partial charge in [-0.3, -0.25) is 9.98 Å². The average Bonchev–Trinajstić information content (AvgIpc) is 2.66. The summed E-state index contributed by atoms with van der Waals surface area (Å²) in [5.41, 5.74) is 3.80. The van der Waals surface area contributed by atoms with Crippen LogP contribution in [0.2, 0.25) is 0 Å². The van der Waals surface area contributed by atoms with Crippen LogP contribution in [-0.4, -0.2) is 42.8 Å². The van der Waals surface area contributed by atoms with Gasteiger partial charge in [-0.2, -0.15) is 0 Å². The number of rotatable bonds is 6. The van der Waals surface area contributed by atoms with Gasteiger partial charge in [0.05, 0.1) is 20.2 Å². The van der Waals surface area contributed by atoms with Crippen molar-refractivity contribution in [2.24, 2.45) is 9.98 Å². The molecule has 0 aromatic heterocycles. The van der Waals surface area contributed by atoms with Gasteiger partial charge >= 0.3 is 0 Å². The van der Waals surface area contributed by atoms with E-state index in [1.165, 1.54) is 0 Å². The molecule has 0 aliphatic heterocycles. The number of aromatic hydroxyl groups is 2. The quantitative estimate of drug-likeness (QED) is 0.324. The van der Waals surface area contributed by atoms with Crippen molar-refractivity contribution in [3.8, 4) is 17.2 Å². The van der Waals surface area contributed by atoms with Gasteiger partial charge in [0.1, 0.15) is 17.2 Å². The van der Waals surface area contributed by atoms with Crippen LogP contribution in [0, 0.1) is 6.92 Å². The van der Waals surface area contributed by atoms with Gasteiger partial charge in [0.25, 0.3) is 0 Å². The fraction of sp³-hybridized carbons (Fsp3) is 0.462. The molecule has 0 fully saturated rings. The first-order valence-electron chi connectivity index (χ1n) is 10.6. The first-order valence-corrected chi connectivity index (χ1v) is 10.6. The molecule has 0 radical (unpaired) electrons. The van der Waals surface area contributed by atoms with E-state index >= 15 is 0 Å². The maximum Gasteiger partial charge on any atom is 0.128 e. The second-order valence-electron chi connectivity index (χ2n) is 9.93. The summed E-state index contributed by atoms with van der Waals surface area (Å²) in [6.45, 7) is 15.3. The van der Waals surface area contributed by atoms with Crippen molar-refractivity contribution in [1.29, 1.82) is 0 Å². The zero-order valence-electron chi connectivity index (χ0n) is 20.4. The van der Waals surface area contributed by atoms with E-state index in [0.717, 1.165) is 16.7 Å². The molecule has 2 aromatic carbocycles. The van der Waals surface area contributed by atoms with Gasteiger partial charge in [0, 0.05) is 51.8 Å². The van der Waals surface area contributed by atoms with E-state index in [1.807, 2.05) is 45.9 Å². The molecular formula is C26H36FeN2O3. The Morgan fingerprint density at radius 3 is 1.66 bits per heavy atom. The topological polar surface area (TPSA) is 74.4 Å². The Labute approximate surface area is 203 Å². The van der Waals surface area contributed by atoms with Gasteiger partial charge in [0.2, 0.25) is 0 Å². The molecule has 2 rings (SSSR count). The number of hydrogen-bond donors (Lipinski definition) is 2. The summed E-state index contributed by atoms with van der Waals surface area (Å²) in [6, 6.07) is 7.58. The summed E-state index contributed by atoms with van der Waals surface area (Å²) in [5.74, 6) is 1.19. The van der Waals surface area contributed by atoms with E-state index < -0.39 is 0 Å². The number of ether oxygens (including phenoxy) is 1. The van der Waals surface area contributed by atoms with Crippen LogP contribution in [0.25, 0.3) is 0 Å². The van der Waals surface area contributed by atoms with Gasteiger partial charge in [-0.1, -0.05) is 47.6 Å². The second kappa shape index (κ2) is 11.0. The Kier molecular flexibility index (Phi) is 9.55. The first kappa shape index (κ1) is 27.7. The molecule has 32 heavy (non-hydrogen) atoms. The molecule has 5 nitrogen and oxygen atoms in total. The largest absolute Gasteiger partial charge is 0.507 e. The maximum absolute atomic E-state index is 10.6. The molecule has 0 spiro atoms. The minimum Gasteiger partial charge on any atom is -0.507 e. The first-order chi connectivity index (χ1) is 14.3. The van der Waals surface area contributed by atoms with Gasteiger partial charge in [-0.05, 0) is 41.5 Å². The summed E-state index contributed by atoms with van der Waals surface area (Å²) >= 11 is 0. The SMILES string of the molecule is COc1cc(C=NCCN=Cc2cc(C)cc(C(C)(C)C)c2O)c(O)c(C(C)(C)C)c1.[Fe]. The Bertz CT molecular complexity index is 984. The summed E-state index contributed by atoms with van der Waals surface area (Å²) in [7, 11) is 1.61. The van der Waals surface area contributed by atoms with Crippen LogP contribution < -0.4 is 4.74 Å². The van der Waals surface area contributed by atoms with Crippen molar-refractivity contribution < 1.29 is 32.0 Å². The normalized spacial score (nSPS) is 12.4. The fourth-order valence-corrected chi connectivity index (χ4v) is 3.34. The van der Waals surface area contributed by atoms with Crippen molar-refractivity contribution in [2.45, 2.75) is 59.3 Å². The van der Waals surface area contributed by atoms with Crippen LogP contribution in [0.1, 0.15) is 69.4 Å². The summed E-state index contributed by atoms with van der Waals surface area (Å²) in [6.07, 6.45) is 3.36. The van der Waals surface area contributed by atoms with E-state index in [1.54, 1.807) is 25.6 Å². The second-order valence-corrected chi connectivity index (χ2v) is 9.93. The van der Waals surface area contributed by atoms with E-state index in [9.17, 15) is 10.2 Å². The summed E-state index contributed by atoms with van der Waals surface area (Å²) < 4.78 is 5.37. The Balaban J connectivity index is 0.00000512. The number of phenols is 2. The molecule has 0 unspecified atom stereocenters. The maximum atomic E-state index is 10.6. The molecule has 2 aromatic rings. The van der Waals surface area contributed by atoms with E-state index in [-0.39, 0.29) is 39.4 Å². The zero-order valence-corrected chi connectivity index (χ0v) is 21.5. The van der Waals surface area contributed by atoms with E-state index in [4.69, 9.17) is 4.74 Å². The molecule has 0 aliphatic carbocycles. The van der Waals surface area contributed by atoms with Crippen LogP contribution in [0.3, 0.4) is 0 Å². The third-order valence-electron chi connectivity index (χ3n) is 5.07. The number of benzene rings is 2. The third kappa shape index (κ3) is 7.11. The molecule has 0 amide bonds. The van der Waals surface area contributed by atoms with Gasteiger partial charge in [-0.25, -0.2) is 0 Å². The third-order valence-corrected chi connectivity index (χ3v) is 5.07. The number of aryl methyl sites for hydroxylation is 1. The van der Waals surface area contributed by atoms with E-state index in [0.29, 0.717) is 30.0 Å². The van der Waals surface area contributed by atoms with Crippen molar-refractivity contribution >= 4 is 12.4 Å². The molecular weight excluding hydrogens is 444 g/mol. The van der Waals surface area contributed by atoms with E-state index in [2.05, 4.69) is 30.8 Å².